The van der Waals surface area contributed by atoms with E-state index in [-0.39, 0.29) is 18.7 Å². The zero-order chi connectivity index (χ0) is 28.6. The lowest BCUT2D eigenvalue weighted by molar-refractivity contribution is 0.212. The molecule has 4 heteroatoms. The van der Waals surface area contributed by atoms with Crippen LogP contribution in [0.15, 0.2) is 60.7 Å². The number of hydrogen-bond acceptors (Lipinski definition) is 3. The molecule has 1 heterocycles. The van der Waals surface area contributed by atoms with Gasteiger partial charge in [0.15, 0.2) is 0 Å². The van der Waals surface area contributed by atoms with Gasteiger partial charge >= 0.3 is 6.98 Å². The predicted molar refractivity (Wildman–Crippen MR) is 173 cm³/mol. The van der Waals surface area contributed by atoms with Gasteiger partial charge in [-0.3, -0.25) is 4.81 Å². The van der Waals surface area contributed by atoms with Gasteiger partial charge in [-0.1, -0.05) is 116 Å². The fraction of sp³-hybridized carbons (Fsp3) is 0.486. The normalized spacial score (nSPS) is 16.1. The molecule has 3 aromatic rings. The number of nitrogens with one attached hydrogen (secondary N) is 2. The van der Waals surface area contributed by atoms with Crippen LogP contribution in [-0.2, 0) is 0 Å². The van der Waals surface area contributed by atoms with Crippen LogP contribution in [0.4, 0.5) is 11.4 Å². The second-order valence-electron chi connectivity index (χ2n) is 13.5. The zero-order valence-electron chi connectivity index (χ0n) is 26.2. The lowest BCUT2D eigenvalue weighted by Gasteiger charge is -2.42. The predicted octanol–water partition coefficient (Wildman–Crippen LogP) is 9.21. The van der Waals surface area contributed by atoms with Crippen LogP contribution in [0.2, 0.25) is 0 Å². The van der Waals surface area contributed by atoms with E-state index in [0.717, 1.165) is 0 Å². The smallest absolute Gasteiger partial charge is 0.378 e. The van der Waals surface area contributed by atoms with Gasteiger partial charge in [0.2, 0.25) is 0 Å². The van der Waals surface area contributed by atoms with E-state index in [4.69, 9.17) is 0 Å². The molecule has 1 atom stereocenters. The standard InChI is InChI=1S/C35H50BN3/c1-22(2)26-17-14-18-27(23(3)4)32(26)37-34-30-16-12-13-21-31(30)36(39(34)35(9,10)11)38-33-28(24(5)6)19-15-20-29(33)25(7)8/h12-25,34,37-38H,1-11H3/t34-/m0/s1. The van der Waals surface area contributed by atoms with E-state index in [1.54, 1.807) is 0 Å². The van der Waals surface area contributed by atoms with Crippen LogP contribution in [0.3, 0.4) is 0 Å². The Balaban J connectivity index is 1.89. The van der Waals surface area contributed by atoms with Crippen molar-refractivity contribution in [3.63, 3.8) is 0 Å². The van der Waals surface area contributed by atoms with Crippen molar-refractivity contribution in [3.05, 3.63) is 88.5 Å². The zero-order valence-corrected chi connectivity index (χ0v) is 26.2. The fourth-order valence-electron chi connectivity index (χ4n) is 6.24. The maximum Gasteiger partial charge on any atom is 0.378 e. The molecule has 2 N–H and O–H groups in total. The van der Waals surface area contributed by atoms with Crippen LogP contribution in [0.1, 0.15) is 134 Å². The number of rotatable bonds is 8. The first-order chi connectivity index (χ1) is 18.3. The molecule has 4 rings (SSSR count). The van der Waals surface area contributed by atoms with Gasteiger partial charge in [0.25, 0.3) is 0 Å². The van der Waals surface area contributed by atoms with Gasteiger partial charge in [0.1, 0.15) is 0 Å². The van der Waals surface area contributed by atoms with Gasteiger partial charge in [-0.25, -0.2) is 0 Å². The first kappa shape index (κ1) is 29.3. The minimum Gasteiger partial charge on any atom is -0.410 e. The van der Waals surface area contributed by atoms with Crippen LogP contribution in [-0.4, -0.2) is 17.3 Å². The maximum atomic E-state index is 4.13. The molecule has 0 aliphatic carbocycles. The summed E-state index contributed by atoms with van der Waals surface area (Å²) in [5, 5.41) is 8.26. The van der Waals surface area contributed by atoms with E-state index >= 15 is 0 Å². The second-order valence-corrected chi connectivity index (χ2v) is 13.5. The number of anilines is 2. The average Bonchev–Trinajstić information content (AvgIpc) is 3.17. The molecule has 0 saturated heterocycles. The Hall–Kier alpha value is -2.72. The summed E-state index contributed by atoms with van der Waals surface area (Å²) in [7, 11) is 0. The highest BCUT2D eigenvalue weighted by atomic mass is 15.3. The van der Waals surface area contributed by atoms with Crippen LogP contribution in [0.5, 0.6) is 0 Å². The summed E-state index contributed by atoms with van der Waals surface area (Å²) in [6, 6.07) is 22.6. The van der Waals surface area contributed by atoms with E-state index in [1.165, 1.54) is 44.7 Å². The van der Waals surface area contributed by atoms with Gasteiger partial charge < -0.3 is 10.5 Å². The highest BCUT2D eigenvalue weighted by Gasteiger charge is 2.48. The molecule has 0 saturated carbocycles. The average molecular weight is 524 g/mol. The monoisotopic (exact) mass is 523 g/mol. The van der Waals surface area contributed by atoms with Gasteiger partial charge in [-0.15, -0.1) is 0 Å². The fourth-order valence-corrected chi connectivity index (χ4v) is 6.24. The van der Waals surface area contributed by atoms with E-state index in [1.807, 2.05) is 0 Å². The Kier molecular flexibility index (Phi) is 8.57. The Bertz CT molecular complexity index is 1140. The molecule has 0 aromatic heterocycles. The van der Waals surface area contributed by atoms with E-state index in [0.29, 0.717) is 23.7 Å². The van der Waals surface area contributed by atoms with Crippen molar-refractivity contribution in [1.82, 2.24) is 4.81 Å². The molecule has 0 radical (unpaired) electrons. The van der Waals surface area contributed by atoms with Crippen molar-refractivity contribution in [3.8, 4) is 0 Å². The number of para-hydroxylation sites is 2. The third kappa shape index (κ3) is 5.77. The van der Waals surface area contributed by atoms with Gasteiger partial charge in [-0.05, 0) is 77.7 Å². The first-order valence-electron chi connectivity index (χ1n) is 15.0. The topological polar surface area (TPSA) is 27.3 Å². The van der Waals surface area contributed by atoms with Crippen molar-refractivity contribution in [2.24, 2.45) is 0 Å². The van der Waals surface area contributed by atoms with Crippen LogP contribution in [0.25, 0.3) is 0 Å². The number of benzene rings is 3. The van der Waals surface area contributed by atoms with Gasteiger partial charge in [-0.2, -0.15) is 0 Å². The molecule has 208 valence electrons. The number of hydrogen-bond donors (Lipinski definition) is 2. The summed E-state index contributed by atoms with van der Waals surface area (Å²) < 4.78 is 0. The molecule has 0 spiro atoms. The summed E-state index contributed by atoms with van der Waals surface area (Å²) in [6.07, 6.45) is 0.0461. The second kappa shape index (κ2) is 11.4. The van der Waals surface area contributed by atoms with Crippen molar-refractivity contribution in [2.75, 3.05) is 10.5 Å². The van der Waals surface area contributed by atoms with Crippen molar-refractivity contribution in [1.29, 1.82) is 0 Å². The summed E-state index contributed by atoms with van der Waals surface area (Å²) in [5.41, 5.74) is 10.7. The third-order valence-corrected chi connectivity index (χ3v) is 8.22. The summed E-state index contributed by atoms with van der Waals surface area (Å²) >= 11 is 0. The third-order valence-electron chi connectivity index (χ3n) is 8.22. The minimum atomic E-state index is -0.0934. The largest absolute Gasteiger partial charge is 0.410 e. The molecular weight excluding hydrogens is 473 g/mol. The minimum absolute atomic E-state index is 0.0461. The maximum absolute atomic E-state index is 4.13. The van der Waals surface area contributed by atoms with Crippen LogP contribution < -0.4 is 16.0 Å². The van der Waals surface area contributed by atoms with Crippen LogP contribution in [0, 0.1) is 0 Å². The molecule has 1 aliphatic rings. The molecular formula is C35H50BN3. The van der Waals surface area contributed by atoms with Crippen molar-refractivity contribution >= 4 is 23.8 Å². The lowest BCUT2D eigenvalue weighted by Crippen LogP contribution is -2.57. The Morgan fingerprint density at radius 1 is 0.615 bits per heavy atom. The van der Waals surface area contributed by atoms with Crippen molar-refractivity contribution in [2.45, 2.75) is 112 Å². The molecule has 3 nitrogen and oxygen atoms in total. The molecule has 39 heavy (non-hydrogen) atoms. The van der Waals surface area contributed by atoms with E-state index in [9.17, 15) is 0 Å². The van der Waals surface area contributed by atoms with E-state index < -0.39 is 0 Å². The van der Waals surface area contributed by atoms with Gasteiger partial charge in [0.05, 0.1) is 6.17 Å². The molecule has 1 aliphatic heterocycles. The van der Waals surface area contributed by atoms with Crippen LogP contribution >= 0.6 is 0 Å². The van der Waals surface area contributed by atoms with Crippen molar-refractivity contribution < 1.29 is 0 Å². The Labute approximate surface area is 238 Å². The highest BCUT2D eigenvalue weighted by Crippen LogP contribution is 2.41. The molecule has 0 unspecified atom stereocenters. The number of fused-ring (bicyclic) bond motifs is 1. The number of nitrogens with zero attached hydrogens (tertiary/aromatic N) is 1. The molecule has 0 amide bonds. The molecule has 0 bridgehead atoms. The quantitative estimate of drug-likeness (QED) is 0.288. The summed E-state index contributed by atoms with van der Waals surface area (Å²) in [4.78, 5) is 2.65. The van der Waals surface area contributed by atoms with Gasteiger partial charge in [0, 0.05) is 16.9 Å². The molecule has 3 aromatic carbocycles. The SMILES string of the molecule is CC(C)c1cccc(C(C)C)c1NB1c2ccccc2[C@@H](Nc2c(C(C)C)cccc2C(C)C)N1C(C)(C)C. The first-order valence-corrected chi connectivity index (χ1v) is 15.0. The summed E-state index contributed by atoms with van der Waals surface area (Å²) in [5.74, 6) is 1.75. The van der Waals surface area contributed by atoms with E-state index in [2.05, 4.69) is 152 Å². The lowest BCUT2D eigenvalue weighted by atomic mass is 9.65. The Morgan fingerprint density at radius 2 is 1.05 bits per heavy atom. The highest BCUT2D eigenvalue weighted by molar-refractivity contribution is 6.75. The Morgan fingerprint density at radius 3 is 1.49 bits per heavy atom. The summed E-state index contributed by atoms with van der Waals surface area (Å²) in [6.45, 7) is 25.5. The molecule has 0 fully saturated rings.